The Hall–Kier alpha value is -2.23. The highest BCUT2D eigenvalue weighted by atomic mass is 79.9. The monoisotopic (exact) mass is 460 g/mol. The van der Waals surface area contributed by atoms with E-state index in [1.807, 2.05) is 48.5 Å². The predicted molar refractivity (Wildman–Crippen MR) is 103 cm³/mol. The van der Waals surface area contributed by atoms with E-state index in [1.165, 1.54) is 0 Å². The summed E-state index contributed by atoms with van der Waals surface area (Å²) in [5.41, 5.74) is 8.23. The number of methoxy groups -OCH3 is 1. The van der Waals surface area contributed by atoms with Crippen LogP contribution in [0.3, 0.4) is 0 Å². The Morgan fingerprint density at radius 2 is 1.80 bits per heavy atom. The van der Waals surface area contributed by atoms with Gasteiger partial charge in [0.05, 0.1) is 16.1 Å². The summed E-state index contributed by atoms with van der Waals surface area (Å²) < 4.78 is 12.6. The number of hydrogen-bond acceptors (Lipinski definition) is 4. The molecule has 2 aromatic carbocycles. The number of halogens is 2. The van der Waals surface area contributed by atoms with Crippen LogP contribution in [-0.2, 0) is 4.74 Å². The third-order valence-corrected chi connectivity index (χ3v) is 5.06. The van der Waals surface area contributed by atoms with Crippen LogP contribution in [0, 0.1) is 11.3 Å². The van der Waals surface area contributed by atoms with Crippen LogP contribution >= 0.6 is 31.9 Å². The number of hydrogen-bond donors (Lipinski definition) is 1. The van der Waals surface area contributed by atoms with E-state index in [9.17, 15) is 5.26 Å². The van der Waals surface area contributed by atoms with Crippen molar-refractivity contribution in [1.82, 2.24) is 0 Å². The van der Waals surface area contributed by atoms with Crippen LogP contribution in [0.15, 0.2) is 68.9 Å². The Morgan fingerprint density at radius 3 is 2.36 bits per heavy atom. The van der Waals surface area contributed by atoms with E-state index in [0.29, 0.717) is 17.1 Å². The molecule has 126 valence electrons. The zero-order valence-electron chi connectivity index (χ0n) is 13.3. The fourth-order valence-electron chi connectivity index (χ4n) is 2.70. The molecule has 0 aromatic heterocycles. The number of ether oxygens (including phenoxy) is 2. The van der Waals surface area contributed by atoms with Gasteiger partial charge in [0.15, 0.2) is 0 Å². The topological polar surface area (TPSA) is 68.3 Å². The van der Waals surface area contributed by atoms with E-state index >= 15 is 0 Å². The molecule has 0 radical (unpaired) electrons. The molecule has 2 aromatic rings. The average molecular weight is 462 g/mol. The molecule has 0 bridgehead atoms. The first kappa shape index (κ1) is 17.6. The molecule has 1 atom stereocenters. The number of rotatable bonds is 3. The van der Waals surface area contributed by atoms with Crippen LogP contribution in [0.4, 0.5) is 0 Å². The minimum absolute atomic E-state index is 0.122. The molecule has 25 heavy (non-hydrogen) atoms. The van der Waals surface area contributed by atoms with E-state index in [0.717, 1.165) is 20.1 Å². The summed E-state index contributed by atoms with van der Waals surface area (Å²) in [5, 5.41) is 9.48. The van der Waals surface area contributed by atoms with Crippen molar-refractivity contribution in [2.24, 2.45) is 5.73 Å². The van der Waals surface area contributed by atoms with Crippen LogP contribution in [0.5, 0.6) is 5.75 Å². The molecule has 0 saturated heterocycles. The van der Waals surface area contributed by atoms with Crippen molar-refractivity contribution in [3.63, 3.8) is 0 Å². The van der Waals surface area contributed by atoms with Crippen molar-refractivity contribution in [2.75, 3.05) is 7.11 Å². The first-order valence-electron chi connectivity index (χ1n) is 7.43. The number of nitriles is 1. The maximum absolute atomic E-state index is 9.48. The Balaban J connectivity index is 2.09. The van der Waals surface area contributed by atoms with Crippen molar-refractivity contribution < 1.29 is 9.47 Å². The highest BCUT2D eigenvalue weighted by Gasteiger charge is 2.26. The lowest BCUT2D eigenvalue weighted by molar-refractivity contribution is 0.360. The predicted octanol–water partition coefficient (Wildman–Crippen LogP) is 5.07. The van der Waals surface area contributed by atoms with Crippen LogP contribution in [0.2, 0.25) is 0 Å². The Bertz CT molecular complexity index is 892. The Morgan fingerprint density at radius 1 is 1.16 bits per heavy atom. The molecule has 0 saturated carbocycles. The number of nitrogens with zero attached hydrogens (tertiary/aromatic N) is 1. The van der Waals surface area contributed by atoms with E-state index in [1.54, 1.807) is 7.11 Å². The van der Waals surface area contributed by atoms with Crippen LogP contribution in [0.25, 0.3) is 5.76 Å². The average Bonchev–Trinajstić information content (AvgIpc) is 2.61. The molecule has 2 N–H and O–H groups in total. The van der Waals surface area contributed by atoms with Gasteiger partial charge in [-0.2, -0.15) is 5.26 Å². The summed E-state index contributed by atoms with van der Waals surface area (Å²) in [6, 6.07) is 15.7. The van der Waals surface area contributed by atoms with Gasteiger partial charge in [-0.05, 0) is 55.6 Å². The molecule has 0 aliphatic carbocycles. The van der Waals surface area contributed by atoms with Gasteiger partial charge in [0.2, 0.25) is 5.88 Å². The summed E-state index contributed by atoms with van der Waals surface area (Å²) in [6.45, 7) is 0. The third-order valence-electron chi connectivity index (χ3n) is 3.88. The normalized spacial score (nSPS) is 16.7. The van der Waals surface area contributed by atoms with E-state index in [-0.39, 0.29) is 11.8 Å². The highest BCUT2D eigenvalue weighted by Crippen LogP contribution is 2.40. The molecule has 0 amide bonds. The fraction of sp³-hybridized carbons (Fsp3) is 0.105. The second kappa shape index (κ2) is 7.34. The van der Waals surface area contributed by atoms with Crippen molar-refractivity contribution in [3.8, 4) is 11.8 Å². The quantitative estimate of drug-likeness (QED) is 0.692. The Kier molecular flexibility index (Phi) is 5.16. The molecule has 0 spiro atoms. The maximum Gasteiger partial charge on any atom is 0.205 e. The van der Waals surface area contributed by atoms with Gasteiger partial charge >= 0.3 is 0 Å². The molecular formula is C19H14Br2N2O2. The van der Waals surface area contributed by atoms with Gasteiger partial charge in [-0.15, -0.1) is 0 Å². The second-order valence-corrected chi connectivity index (χ2v) is 7.09. The number of nitrogens with two attached hydrogens (primary N) is 1. The van der Waals surface area contributed by atoms with E-state index in [4.69, 9.17) is 15.2 Å². The van der Waals surface area contributed by atoms with Gasteiger partial charge in [0.25, 0.3) is 0 Å². The SMILES string of the molecule is COc1c(Br)cc(C2=CC(c3ccccc3)C(C#N)=C(N)O2)cc1Br. The van der Waals surface area contributed by atoms with Gasteiger partial charge in [-0.1, -0.05) is 30.3 Å². The Labute approximate surface area is 162 Å². The lowest BCUT2D eigenvalue weighted by atomic mass is 9.89. The molecule has 3 rings (SSSR count). The van der Waals surface area contributed by atoms with Crippen LogP contribution in [-0.4, -0.2) is 7.11 Å². The minimum atomic E-state index is -0.255. The minimum Gasteiger partial charge on any atom is -0.494 e. The lowest BCUT2D eigenvalue weighted by Crippen LogP contribution is -2.16. The van der Waals surface area contributed by atoms with Gasteiger partial charge in [-0.25, -0.2) is 0 Å². The molecule has 1 aliphatic rings. The van der Waals surface area contributed by atoms with Gasteiger partial charge in [0, 0.05) is 11.5 Å². The van der Waals surface area contributed by atoms with Crippen molar-refractivity contribution >= 4 is 37.6 Å². The van der Waals surface area contributed by atoms with Crippen LogP contribution in [0.1, 0.15) is 17.0 Å². The van der Waals surface area contributed by atoms with Crippen molar-refractivity contribution in [2.45, 2.75) is 5.92 Å². The van der Waals surface area contributed by atoms with Gasteiger partial charge in [-0.3, -0.25) is 0 Å². The summed E-state index contributed by atoms with van der Waals surface area (Å²) in [5.74, 6) is 1.15. The zero-order valence-corrected chi connectivity index (χ0v) is 16.5. The molecular weight excluding hydrogens is 448 g/mol. The molecule has 6 heteroatoms. The standard InChI is InChI=1S/C19H14Br2N2O2/c1-24-18-15(20)7-12(8-16(18)21)17-9-13(11-5-3-2-4-6-11)14(10-22)19(23)25-17/h2-9,13H,23H2,1H3. The summed E-state index contributed by atoms with van der Waals surface area (Å²) in [6.07, 6.45) is 1.91. The smallest absolute Gasteiger partial charge is 0.205 e. The first-order chi connectivity index (χ1) is 12.0. The fourth-order valence-corrected chi connectivity index (χ4v) is 4.21. The van der Waals surface area contributed by atoms with Gasteiger partial charge < -0.3 is 15.2 Å². The first-order valence-corrected chi connectivity index (χ1v) is 9.01. The summed E-state index contributed by atoms with van der Waals surface area (Å²) in [4.78, 5) is 0. The second-order valence-electron chi connectivity index (χ2n) is 5.38. The zero-order chi connectivity index (χ0) is 18.0. The lowest BCUT2D eigenvalue weighted by Gasteiger charge is -2.23. The molecule has 4 nitrogen and oxygen atoms in total. The summed E-state index contributed by atoms with van der Waals surface area (Å²) >= 11 is 6.98. The molecule has 1 aliphatic heterocycles. The highest BCUT2D eigenvalue weighted by molar-refractivity contribution is 9.11. The summed E-state index contributed by atoms with van der Waals surface area (Å²) in [7, 11) is 1.60. The number of allylic oxidation sites excluding steroid dienone is 2. The van der Waals surface area contributed by atoms with Crippen molar-refractivity contribution in [1.29, 1.82) is 5.26 Å². The van der Waals surface area contributed by atoms with E-state index in [2.05, 4.69) is 37.9 Å². The van der Waals surface area contributed by atoms with Crippen LogP contribution < -0.4 is 10.5 Å². The van der Waals surface area contributed by atoms with E-state index < -0.39 is 0 Å². The molecule has 1 unspecified atom stereocenters. The molecule has 0 fully saturated rings. The van der Waals surface area contributed by atoms with Crippen molar-refractivity contribution in [3.05, 3.63) is 80.1 Å². The maximum atomic E-state index is 9.48. The number of benzene rings is 2. The largest absolute Gasteiger partial charge is 0.494 e. The van der Waals surface area contributed by atoms with Gasteiger partial charge in [0.1, 0.15) is 23.2 Å². The third kappa shape index (κ3) is 3.44. The molecule has 1 heterocycles.